The van der Waals surface area contributed by atoms with Crippen LogP contribution in [0.25, 0.3) is 0 Å². The zero-order valence-corrected chi connectivity index (χ0v) is 5.46. The number of allylic oxidation sites excluding steroid dienone is 2. The lowest BCUT2D eigenvalue weighted by Gasteiger charge is -1.77. The van der Waals surface area contributed by atoms with Crippen LogP contribution in [0.1, 0.15) is 6.92 Å². The average molecular weight is 113 g/mol. The summed E-state index contributed by atoms with van der Waals surface area (Å²) in [4.78, 5) is 0. The predicted octanol–water partition coefficient (Wildman–Crippen LogP) is 1.33. The van der Waals surface area contributed by atoms with E-state index in [0.717, 1.165) is 11.7 Å². The Kier molecular flexibility index (Phi) is 3.65. The van der Waals surface area contributed by atoms with Crippen molar-refractivity contribution in [2.45, 2.75) is 6.92 Å². The highest BCUT2D eigenvalue weighted by Gasteiger charge is 1.75. The van der Waals surface area contributed by atoms with Gasteiger partial charge in [0.2, 0.25) is 0 Å². The standard InChI is InChI=1S/C5H8NP/c1-5(4-6)2-3-7/h2H,3,7H2,1H3/b5-2+. The van der Waals surface area contributed by atoms with E-state index in [0.29, 0.717) is 0 Å². The van der Waals surface area contributed by atoms with Crippen LogP contribution in [-0.4, -0.2) is 6.16 Å². The molecule has 1 nitrogen and oxygen atoms in total. The average Bonchev–Trinajstić information content (AvgIpc) is 1.68. The van der Waals surface area contributed by atoms with Gasteiger partial charge < -0.3 is 0 Å². The van der Waals surface area contributed by atoms with Crippen LogP contribution in [0.15, 0.2) is 11.6 Å². The molecule has 0 saturated carbocycles. The monoisotopic (exact) mass is 113 g/mol. The van der Waals surface area contributed by atoms with Crippen molar-refractivity contribution >= 4 is 9.24 Å². The minimum atomic E-state index is 0.787. The summed E-state index contributed by atoms with van der Waals surface area (Å²) in [6, 6.07) is 2.01. The molecule has 0 amide bonds. The molecule has 0 radical (unpaired) electrons. The van der Waals surface area contributed by atoms with Gasteiger partial charge >= 0.3 is 0 Å². The maximum atomic E-state index is 8.14. The number of nitrogens with zero attached hydrogens (tertiary/aromatic N) is 1. The lowest BCUT2D eigenvalue weighted by molar-refractivity contribution is 1.43. The zero-order chi connectivity index (χ0) is 5.70. The van der Waals surface area contributed by atoms with E-state index >= 15 is 0 Å². The molecule has 0 aromatic heterocycles. The highest BCUT2D eigenvalue weighted by molar-refractivity contribution is 7.16. The third-order valence-electron chi connectivity index (χ3n) is 0.600. The first kappa shape index (κ1) is 6.66. The van der Waals surface area contributed by atoms with Gasteiger partial charge in [0.15, 0.2) is 0 Å². The van der Waals surface area contributed by atoms with Crippen molar-refractivity contribution in [3.8, 4) is 6.07 Å². The van der Waals surface area contributed by atoms with E-state index in [1.807, 2.05) is 12.1 Å². The van der Waals surface area contributed by atoms with Crippen LogP contribution in [0.2, 0.25) is 0 Å². The number of hydrogen-bond acceptors (Lipinski definition) is 1. The zero-order valence-electron chi connectivity index (χ0n) is 4.31. The van der Waals surface area contributed by atoms with Gasteiger partial charge in [0.1, 0.15) is 0 Å². The van der Waals surface area contributed by atoms with Gasteiger partial charge in [0, 0.05) is 5.57 Å². The molecule has 0 aromatic carbocycles. The fourth-order valence-corrected chi connectivity index (χ4v) is 0.576. The van der Waals surface area contributed by atoms with Crippen molar-refractivity contribution in [3.63, 3.8) is 0 Å². The van der Waals surface area contributed by atoms with E-state index in [1.54, 1.807) is 6.92 Å². The molecule has 7 heavy (non-hydrogen) atoms. The molecular weight excluding hydrogens is 105 g/mol. The van der Waals surface area contributed by atoms with Crippen LogP contribution >= 0.6 is 9.24 Å². The van der Waals surface area contributed by atoms with Gasteiger partial charge in [-0.25, -0.2) is 0 Å². The van der Waals surface area contributed by atoms with E-state index < -0.39 is 0 Å². The molecular formula is C5H8NP. The molecule has 0 aliphatic heterocycles. The van der Waals surface area contributed by atoms with E-state index in [9.17, 15) is 0 Å². The van der Waals surface area contributed by atoms with Gasteiger partial charge in [-0.2, -0.15) is 5.26 Å². The van der Waals surface area contributed by atoms with Crippen molar-refractivity contribution in [3.05, 3.63) is 11.6 Å². The van der Waals surface area contributed by atoms with E-state index in [2.05, 4.69) is 9.24 Å². The molecule has 0 bridgehead atoms. The van der Waals surface area contributed by atoms with Gasteiger partial charge in [-0.05, 0) is 13.1 Å². The SMILES string of the molecule is C/C(C#N)=C\CP. The lowest BCUT2D eigenvalue weighted by atomic mass is 10.3. The van der Waals surface area contributed by atoms with Crippen molar-refractivity contribution in [2.75, 3.05) is 6.16 Å². The Morgan fingerprint density at radius 3 is 2.71 bits per heavy atom. The first-order chi connectivity index (χ1) is 3.31. The van der Waals surface area contributed by atoms with Crippen molar-refractivity contribution in [1.29, 1.82) is 5.26 Å². The van der Waals surface area contributed by atoms with Gasteiger partial charge in [-0.1, -0.05) is 6.08 Å². The summed E-state index contributed by atoms with van der Waals surface area (Å²) in [5, 5.41) is 8.14. The summed E-state index contributed by atoms with van der Waals surface area (Å²) in [7, 11) is 2.53. The summed E-state index contributed by atoms with van der Waals surface area (Å²) in [5.41, 5.74) is 0.787. The fourth-order valence-electron chi connectivity index (χ4n) is 0.222. The predicted molar refractivity (Wildman–Crippen MR) is 33.9 cm³/mol. The Morgan fingerprint density at radius 1 is 2.00 bits per heavy atom. The third-order valence-corrected chi connectivity index (χ3v) is 0.836. The molecule has 0 saturated heterocycles. The Labute approximate surface area is 46.2 Å². The maximum Gasteiger partial charge on any atom is 0.0940 e. The Balaban J connectivity index is 3.57. The summed E-state index contributed by atoms with van der Waals surface area (Å²) in [6.45, 7) is 1.80. The molecule has 38 valence electrons. The van der Waals surface area contributed by atoms with Crippen molar-refractivity contribution < 1.29 is 0 Å². The lowest BCUT2D eigenvalue weighted by Crippen LogP contribution is -1.66. The number of hydrogen-bond donors (Lipinski definition) is 0. The van der Waals surface area contributed by atoms with Crippen molar-refractivity contribution in [1.82, 2.24) is 0 Å². The van der Waals surface area contributed by atoms with Gasteiger partial charge in [-0.3, -0.25) is 0 Å². The first-order valence-corrected chi connectivity index (χ1v) is 2.90. The molecule has 0 heterocycles. The number of nitriles is 1. The topological polar surface area (TPSA) is 23.8 Å². The number of rotatable bonds is 1. The van der Waals surface area contributed by atoms with Crippen LogP contribution in [0.5, 0.6) is 0 Å². The van der Waals surface area contributed by atoms with Gasteiger partial charge in [0.05, 0.1) is 6.07 Å². The highest BCUT2D eigenvalue weighted by atomic mass is 31.0. The second-order valence-electron chi connectivity index (χ2n) is 1.23. The molecule has 0 spiro atoms. The highest BCUT2D eigenvalue weighted by Crippen LogP contribution is 1.90. The first-order valence-electron chi connectivity index (χ1n) is 2.08. The maximum absolute atomic E-state index is 8.14. The molecule has 0 aliphatic rings. The molecule has 0 aliphatic carbocycles. The van der Waals surface area contributed by atoms with Crippen LogP contribution in [-0.2, 0) is 0 Å². The molecule has 2 heteroatoms. The minimum absolute atomic E-state index is 0.787. The van der Waals surface area contributed by atoms with E-state index in [-0.39, 0.29) is 0 Å². The van der Waals surface area contributed by atoms with Crippen LogP contribution in [0.4, 0.5) is 0 Å². The van der Waals surface area contributed by atoms with Crippen LogP contribution in [0, 0.1) is 11.3 Å². The summed E-state index contributed by atoms with van der Waals surface area (Å²) in [6.07, 6.45) is 2.74. The fraction of sp³-hybridized carbons (Fsp3) is 0.400. The molecule has 0 rings (SSSR count). The second kappa shape index (κ2) is 3.84. The summed E-state index contributed by atoms with van der Waals surface area (Å²) in [5.74, 6) is 0. The van der Waals surface area contributed by atoms with Crippen molar-refractivity contribution in [2.24, 2.45) is 0 Å². The Bertz CT molecular complexity index is 110. The van der Waals surface area contributed by atoms with Crippen LogP contribution < -0.4 is 0 Å². The Hall–Kier alpha value is -0.340. The molecule has 0 aromatic rings. The van der Waals surface area contributed by atoms with E-state index in [4.69, 9.17) is 5.26 Å². The normalized spacial score (nSPS) is 10.7. The largest absolute Gasteiger partial charge is 0.193 e. The van der Waals surface area contributed by atoms with E-state index in [1.165, 1.54) is 0 Å². The quantitative estimate of drug-likeness (QED) is 0.371. The third kappa shape index (κ3) is 3.49. The second-order valence-corrected chi connectivity index (χ2v) is 1.71. The molecule has 0 N–H and O–H groups in total. The smallest absolute Gasteiger partial charge is 0.0940 e. The Morgan fingerprint density at radius 2 is 2.57 bits per heavy atom. The molecule has 1 atom stereocenters. The minimum Gasteiger partial charge on any atom is -0.193 e. The molecule has 1 unspecified atom stereocenters. The molecule has 0 fully saturated rings. The van der Waals surface area contributed by atoms with Gasteiger partial charge in [0.25, 0.3) is 0 Å². The summed E-state index contributed by atoms with van der Waals surface area (Å²) >= 11 is 0. The van der Waals surface area contributed by atoms with Gasteiger partial charge in [-0.15, -0.1) is 9.24 Å². The summed E-state index contributed by atoms with van der Waals surface area (Å²) < 4.78 is 0. The van der Waals surface area contributed by atoms with Crippen LogP contribution in [0.3, 0.4) is 0 Å².